The molecule has 0 bridgehead atoms. The van der Waals surface area contributed by atoms with Crippen molar-refractivity contribution in [3.63, 3.8) is 0 Å². The van der Waals surface area contributed by atoms with Gasteiger partial charge in [0.15, 0.2) is 11.5 Å². The maximum Gasteiger partial charge on any atom is 0.295 e. The Balaban J connectivity index is 1.75. The van der Waals surface area contributed by atoms with E-state index in [0.29, 0.717) is 48.8 Å². The van der Waals surface area contributed by atoms with Gasteiger partial charge in [-0.3, -0.25) is 9.59 Å². The van der Waals surface area contributed by atoms with Crippen LogP contribution in [0.2, 0.25) is 0 Å². The van der Waals surface area contributed by atoms with E-state index in [9.17, 15) is 14.7 Å². The van der Waals surface area contributed by atoms with Crippen molar-refractivity contribution in [3.8, 4) is 11.5 Å². The normalized spacial score (nSPS) is 16.6. The minimum atomic E-state index is -0.754. The van der Waals surface area contributed by atoms with Crippen molar-refractivity contribution >= 4 is 17.4 Å². The van der Waals surface area contributed by atoms with Crippen LogP contribution in [-0.4, -0.2) is 60.4 Å². The largest absolute Gasteiger partial charge is 0.507 e. The number of benzene rings is 3. The molecule has 4 rings (SSSR count). The minimum Gasteiger partial charge on any atom is -0.507 e. The third-order valence-electron chi connectivity index (χ3n) is 6.69. The summed E-state index contributed by atoms with van der Waals surface area (Å²) in [5, 5.41) is 11.3. The lowest BCUT2D eigenvalue weighted by atomic mass is 9.94. The Labute approximate surface area is 230 Å². The summed E-state index contributed by atoms with van der Waals surface area (Å²) in [5.74, 6) is -0.413. The molecule has 1 aliphatic heterocycles. The van der Waals surface area contributed by atoms with Gasteiger partial charge in [0.25, 0.3) is 11.7 Å². The lowest BCUT2D eigenvalue weighted by Crippen LogP contribution is -2.32. The zero-order valence-electron chi connectivity index (χ0n) is 23.0. The zero-order valence-corrected chi connectivity index (χ0v) is 23.0. The van der Waals surface area contributed by atoms with E-state index in [1.807, 2.05) is 87.4 Å². The molecule has 1 N–H and O–H groups in total. The second-order valence-corrected chi connectivity index (χ2v) is 9.93. The molecule has 0 spiro atoms. The average molecular weight is 529 g/mol. The molecule has 1 fully saturated rings. The average Bonchev–Trinajstić information content (AvgIpc) is 3.18. The van der Waals surface area contributed by atoms with E-state index in [4.69, 9.17) is 9.47 Å². The molecule has 0 radical (unpaired) electrons. The van der Waals surface area contributed by atoms with Gasteiger partial charge in [-0.1, -0.05) is 66.2 Å². The highest BCUT2D eigenvalue weighted by molar-refractivity contribution is 6.46. The maximum absolute atomic E-state index is 13.3. The van der Waals surface area contributed by atoms with Crippen molar-refractivity contribution < 1.29 is 24.2 Å². The standard InChI is InChI=1S/C32H36N2O5/c1-5-38-27-20-25(16-17-26(27)39-21-23-10-7-6-8-11-23)29-28(30(35)24-14-12-22(2)13-15-24)31(36)32(37)34(29)19-9-18-33(3)4/h6-8,10-17,20,29,35H,5,9,18-19,21H2,1-4H3. The molecule has 3 aromatic rings. The van der Waals surface area contributed by atoms with E-state index in [-0.39, 0.29) is 11.3 Å². The first-order valence-electron chi connectivity index (χ1n) is 13.2. The third kappa shape index (κ3) is 6.49. The lowest BCUT2D eigenvalue weighted by molar-refractivity contribution is -0.139. The molecule has 1 unspecified atom stereocenters. The predicted octanol–water partition coefficient (Wildman–Crippen LogP) is 5.35. The van der Waals surface area contributed by atoms with Gasteiger partial charge in [0.05, 0.1) is 18.2 Å². The Morgan fingerprint density at radius 3 is 2.33 bits per heavy atom. The van der Waals surface area contributed by atoms with Crippen LogP contribution >= 0.6 is 0 Å². The number of likely N-dealkylation sites (tertiary alicyclic amines) is 1. The van der Waals surface area contributed by atoms with Crippen LogP contribution in [-0.2, 0) is 16.2 Å². The van der Waals surface area contributed by atoms with Crippen molar-refractivity contribution in [1.82, 2.24) is 9.80 Å². The highest BCUT2D eigenvalue weighted by Gasteiger charge is 2.46. The van der Waals surface area contributed by atoms with Crippen LogP contribution < -0.4 is 9.47 Å². The number of amides is 1. The number of aryl methyl sites for hydroxylation is 1. The first kappa shape index (κ1) is 27.9. The van der Waals surface area contributed by atoms with E-state index in [2.05, 4.69) is 0 Å². The molecule has 1 amide bonds. The Morgan fingerprint density at radius 2 is 1.67 bits per heavy atom. The van der Waals surface area contributed by atoms with Gasteiger partial charge in [0, 0.05) is 12.1 Å². The fourth-order valence-corrected chi connectivity index (χ4v) is 4.70. The molecular formula is C32H36N2O5. The fourth-order valence-electron chi connectivity index (χ4n) is 4.70. The van der Waals surface area contributed by atoms with Gasteiger partial charge < -0.3 is 24.4 Å². The highest BCUT2D eigenvalue weighted by Crippen LogP contribution is 2.42. The number of carbonyl (C=O) groups is 2. The number of aliphatic hydroxyl groups is 1. The first-order chi connectivity index (χ1) is 18.8. The summed E-state index contributed by atoms with van der Waals surface area (Å²) in [6, 6.07) is 21.8. The number of nitrogens with zero attached hydrogens (tertiary/aromatic N) is 2. The summed E-state index contributed by atoms with van der Waals surface area (Å²) in [6.45, 7) is 5.75. The van der Waals surface area contributed by atoms with Gasteiger partial charge in [-0.25, -0.2) is 0 Å². The number of rotatable bonds is 11. The summed E-state index contributed by atoms with van der Waals surface area (Å²) in [5.41, 5.74) is 3.29. The van der Waals surface area contributed by atoms with Gasteiger partial charge in [0.1, 0.15) is 12.4 Å². The van der Waals surface area contributed by atoms with Crippen LogP contribution in [0.15, 0.2) is 78.4 Å². The van der Waals surface area contributed by atoms with E-state index in [1.165, 1.54) is 0 Å². The highest BCUT2D eigenvalue weighted by atomic mass is 16.5. The molecule has 0 saturated carbocycles. The number of ketones is 1. The van der Waals surface area contributed by atoms with Gasteiger partial charge in [-0.2, -0.15) is 0 Å². The van der Waals surface area contributed by atoms with E-state index in [1.54, 1.807) is 23.1 Å². The molecule has 3 aromatic carbocycles. The molecule has 39 heavy (non-hydrogen) atoms. The van der Waals surface area contributed by atoms with E-state index < -0.39 is 17.7 Å². The molecule has 7 heteroatoms. The number of hydrogen-bond acceptors (Lipinski definition) is 6. The van der Waals surface area contributed by atoms with Crippen LogP contribution in [0.5, 0.6) is 11.5 Å². The second-order valence-electron chi connectivity index (χ2n) is 9.93. The molecule has 7 nitrogen and oxygen atoms in total. The van der Waals surface area contributed by atoms with Crippen LogP contribution in [0, 0.1) is 6.92 Å². The molecule has 1 atom stereocenters. The van der Waals surface area contributed by atoms with Gasteiger partial charge in [0.2, 0.25) is 0 Å². The second kappa shape index (κ2) is 12.6. The Morgan fingerprint density at radius 1 is 0.949 bits per heavy atom. The number of Topliss-reactive ketones (excluding diaryl/α,β-unsaturated/α-hetero) is 1. The number of aliphatic hydroxyl groups excluding tert-OH is 1. The minimum absolute atomic E-state index is 0.0779. The molecule has 1 saturated heterocycles. The Hall–Kier alpha value is -4.10. The van der Waals surface area contributed by atoms with Gasteiger partial charge in [-0.15, -0.1) is 0 Å². The Kier molecular flexibility index (Phi) is 9.04. The van der Waals surface area contributed by atoms with Crippen molar-refractivity contribution in [2.45, 2.75) is 32.9 Å². The molecule has 1 heterocycles. The number of hydrogen-bond donors (Lipinski definition) is 1. The number of carbonyl (C=O) groups excluding carboxylic acids is 2. The SMILES string of the molecule is CCOc1cc(C2C(=C(O)c3ccc(C)cc3)C(=O)C(=O)N2CCCN(C)C)ccc1OCc1ccccc1. The summed E-state index contributed by atoms with van der Waals surface area (Å²) >= 11 is 0. The fraction of sp³-hybridized carbons (Fsp3) is 0.312. The summed E-state index contributed by atoms with van der Waals surface area (Å²) in [7, 11) is 3.93. The predicted molar refractivity (Wildman–Crippen MR) is 152 cm³/mol. The quantitative estimate of drug-likeness (QED) is 0.205. The van der Waals surface area contributed by atoms with Crippen LogP contribution in [0.4, 0.5) is 0 Å². The summed E-state index contributed by atoms with van der Waals surface area (Å²) in [6.07, 6.45) is 0.678. The van der Waals surface area contributed by atoms with Crippen molar-refractivity contribution in [2.24, 2.45) is 0 Å². The Bertz CT molecular complexity index is 1330. The monoisotopic (exact) mass is 528 g/mol. The number of ether oxygens (including phenoxy) is 2. The van der Waals surface area contributed by atoms with Crippen molar-refractivity contribution in [1.29, 1.82) is 0 Å². The topological polar surface area (TPSA) is 79.3 Å². The molecule has 0 aromatic heterocycles. The smallest absolute Gasteiger partial charge is 0.295 e. The van der Waals surface area contributed by atoms with Crippen molar-refractivity contribution in [3.05, 3.63) is 101 Å². The van der Waals surface area contributed by atoms with Gasteiger partial charge in [-0.05, 0) is 64.2 Å². The first-order valence-corrected chi connectivity index (χ1v) is 13.2. The molecule has 0 aliphatic carbocycles. The van der Waals surface area contributed by atoms with Crippen LogP contribution in [0.3, 0.4) is 0 Å². The molecular weight excluding hydrogens is 492 g/mol. The van der Waals surface area contributed by atoms with Crippen molar-refractivity contribution in [2.75, 3.05) is 33.8 Å². The van der Waals surface area contributed by atoms with E-state index in [0.717, 1.165) is 17.7 Å². The lowest BCUT2D eigenvalue weighted by Gasteiger charge is -2.26. The maximum atomic E-state index is 13.3. The van der Waals surface area contributed by atoms with E-state index >= 15 is 0 Å². The van der Waals surface area contributed by atoms with Gasteiger partial charge >= 0.3 is 0 Å². The molecule has 1 aliphatic rings. The summed E-state index contributed by atoms with van der Waals surface area (Å²) in [4.78, 5) is 30.2. The van der Waals surface area contributed by atoms with Crippen LogP contribution in [0.1, 0.15) is 41.6 Å². The zero-order chi connectivity index (χ0) is 27.9. The summed E-state index contributed by atoms with van der Waals surface area (Å²) < 4.78 is 12.0. The van der Waals surface area contributed by atoms with Crippen LogP contribution in [0.25, 0.3) is 5.76 Å². The molecule has 204 valence electrons. The third-order valence-corrected chi connectivity index (χ3v) is 6.69.